The molecule has 0 unspecified atom stereocenters. The van der Waals surface area contributed by atoms with Crippen LogP contribution in [-0.4, -0.2) is 84.4 Å². The highest BCUT2D eigenvalue weighted by atomic mass is 19.4. The van der Waals surface area contributed by atoms with E-state index in [0.717, 1.165) is 17.5 Å². The molecule has 1 heterocycles. The van der Waals surface area contributed by atoms with Crippen LogP contribution in [0.15, 0.2) is 60.8 Å². The van der Waals surface area contributed by atoms with Crippen LogP contribution in [0.2, 0.25) is 0 Å². The van der Waals surface area contributed by atoms with Crippen molar-refractivity contribution in [2.24, 2.45) is 22.9 Å². The molecule has 0 saturated carbocycles. The highest BCUT2D eigenvalue weighted by Crippen LogP contribution is 2.29. The van der Waals surface area contributed by atoms with Gasteiger partial charge in [0.15, 0.2) is 0 Å². The molecule has 0 spiro atoms. The highest BCUT2D eigenvalue weighted by Gasteiger charge is 2.32. The van der Waals surface area contributed by atoms with E-state index >= 15 is 0 Å². The number of alkyl halides is 3. The predicted octanol–water partition coefficient (Wildman–Crippen LogP) is 0.607. The van der Waals surface area contributed by atoms with Crippen LogP contribution in [0, 0.1) is 0 Å². The number of benzene rings is 2. The summed E-state index contributed by atoms with van der Waals surface area (Å²) in [7, 11) is 0. The number of aromatic nitrogens is 1. The van der Waals surface area contributed by atoms with E-state index in [-0.39, 0.29) is 52.0 Å². The van der Waals surface area contributed by atoms with Gasteiger partial charge in [0.2, 0.25) is 23.6 Å². The zero-order valence-electron chi connectivity index (χ0n) is 26.3. The number of halogens is 3. The van der Waals surface area contributed by atoms with Gasteiger partial charge >= 0.3 is 6.18 Å². The van der Waals surface area contributed by atoms with Crippen LogP contribution in [0.1, 0.15) is 30.4 Å². The summed E-state index contributed by atoms with van der Waals surface area (Å²) in [4.78, 5) is 58.5. The quantitative estimate of drug-likeness (QED) is 0.106. The first-order chi connectivity index (χ1) is 22.9. The van der Waals surface area contributed by atoms with Crippen molar-refractivity contribution in [2.75, 3.05) is 38.0 Å². The van der Waals surface area contributed by atoms with Gasteiger partial charge in [0, 0.05) is 38.0 Å². The van der Waals surface area contributed by atoms with Crippen molar-refractivity contribution in [1.29, 1.82) is 0 Å². The smallest absolute Gasteiger partial charge is 0.343 e. The second kappa shape index (κ2) is 18.1. The van der Waals surface area contributed by atoms with Gasteiger partial charge in [-0.05, 0) is 49.2 Å². The summed E-state index contributed by atoms with van der Waals surface area (Å²) < 4.78 is 39.5. The Morgan fingerprint density at radius 1 is 0.833 bits per heavy atom. The minimum atomic E-state index is -4.56. The standard InChI is InChI=1S/C32H42F3N9O4/c33-32(34,35)22-9-7-20(8-10-22)16-27(31(48)41-23-17-21-4-1-2-5-25(21)40-19-23)43-30(47)26(6-3-11-36)42-29(46)24(39)18-28(45)44(14-12-37)15-13-38/h1-2,4-5,7-10,17,19,24,26-27H,3,6,11-16,18,36-39H2,(H,41,48)(H,42,46)(H,43,47)/t24-,26+,27+/m1/s1. The number of para-hydroxylation sites is 1. The molecule has 0 aliphatic rings. The lowest BCUT2D eigenvalue weighted by Crippen LogP contribution is -2.56. The molecule has 11 N–H and O–H groups in total. The van der Waals surface area contributed by atoms with E-state index in [0.29, 0.717) is 23.2 Å². The van der Waals surface area contributed by atoms with Crippen LogP contribution < -0.4 is 38.9 Å². The van der Waals surface area contributed by atoms with Crippen molar-refractivity contribution in [3.8, 4) is 0 Å². The third-order valence-electron chi connectivity index (χ3n) is 7.42. The highest BCUT2D eigenvalue weighted by molar-refractivity contribution is 6.00. The maximum absolute atomic E-state index is 13.6. The van der Waals surface area contributed by atoms with Gasteiger partial charge in [-0.1, -0.05) is 30.3 Å². The largest absolute Gasteiger partial charge is 0.416 e. The van der Waals surface area contributed by atoms with Gasteiger partial charge in [0.25, 0.3) is 0 Å². The molecule has 13 nitrogen and oxygen atoms in total. The second-order valence-corrected chi connectivity index (χ2v) is 11.1. The van der Waals surface area contributed by atoms with Crippen molar-refractivity contribution in [2.45, 2.75) is 50.0 Å². The number of fused-ring (bicyclic) bond motifs is 1. The van der Waals surface area contributed by atoms with Crippen molar-refractivity contribution >= 4 is 40.2 Å². The average Bonchev–Trinajstić information content (AvgIpc) is 3.05. The van der Waals surface area contributed by atoms with Gasteiger partial charge in [-0.2, -0.15) is 13.2 Å². The van der Waals surface area contributed by atoms with Gasteiger partial charge < -0.3 is 43.8 Å². The summed E-state index contributed by atoms with van der Waals surface area (Å²) in [6.07, 6.45) is -3.28. The number of pyridine rings is 1. The van der Waals surface area contributed by atoms with Gasteiger partial charge in [-0.3, -0.25) is 24.2 Å². The van der Waals surface area contributed by atoms with Gasteiger partial charge in [-0.15, -0.1) is 0 Å². The third-order valence-corrected chi connectivity index (χ3v) is 7.42. The molecule has 16 heteroatoms. The number of rotatable bonds is 17. The zero-order chi connectivity index (χ0) is 35.3. The van der Waals surface area contributed by atoms with Gasteiger partial charge in [0.1, 0.15) is 12.1 Å². The summed E-state index contributed by atoms with van der Waals surface area (Å²) in [5.74, 6) is -2.65. The average molecular weight is 674 g/mol. The Bertz CT molecular complexity index is 1530. The molecule has 0 fully saturated rings. The van der Waals surface area contributed by atoms with Crippen molar-refractivity contribution in [3.05, 3.63) is 71.9 Å². The molecule has 0 saturated heterocycles. The number of nitrogens with zero attached hydrogens (tertiary/aromatic N) is 2. The first kappa shape index (κ1) is 37.8. The van der Waals surface area contributed by atoms with Crippen LogP contribution in [0.3, 0.4) is 0 Å². The molecule has 2 aromatic carbocycles. The van der Waals surface area contributed by atoms with Crippen LogP contribution in [0.5, 0.6) is 0 Å². The molecule has 1 aromatic heterocycles. The minimum Gasteiger partial charge on any atom is -0.343 e. The van der Waals surface area contributed by atoms with Gasteiger partial charge in [-0.25, -0.2) is 0 Å². The summed E-state index contributed by atoms with van der Waals surface area (Å²) in [6, 6.07) is 9.31. The first-order valence-corrected chi connectivity index (χ1v) is 15.4. The lowest BCUT2D eigenvalue weighted by atomic mass is 10.0. The molecule has 0 aliphatic carbocycles. The van der Waals surface area contributed by atoms with Crippen LogP contribution in [0.4, 0.5) is 18.9 Å². The fourth-order valence-corrected chi connectivity index (χ4v) is 4.87. The molecule has 0 bridgehead atoms. The van der Waals surface area contributed by atoms with Crippen molar-refractivity contribution in [1.82, 2.24) is 20.5 Å². The van der Waals surface area contributed by atoms with E-state index in [9.17, 15) is 32.3 Å². The molecule has 0 radical (unpaired) electrons. The molecular formula is C32H42F3N9O4. The Morgan fingerprint density at radius 3 is 2.10 bits per heavy atom. The summed E-state index contributed by atoms with van der Waals surface area (Å²) in [5, 5.41) is 8.61. The Balaban J connectivity index is 1.80. The number of hydrogen-bond acceptors (Lipinski definition) is 9. The summed E-state index contributed by atoms with van der Waals surface area (Å²) in [6.45, 7) is 1.01. The number of carbonyl (C=O) groups excluding carboxylic acids is 4. The summed E-state index contributed by atoms with van der Waals surface area (Å²) in [5.41, 5.74) is 23.3. The molecule has 48 heavy (non-hydrogen) atoms. The van der Waals surface area contributed by atoms with E-state index in [4.69, 9.17) is 22.9 Å². The number of carbonyl (C=O) groups is 4. The molecule has 3 aromatic rings. The number of nitrogens with one attached hydrogen (secondary N) is 3. The Labute approximate surface area is 276 Å². The van der Waals surface area contributed by atoms with Crippen LogP contribution in [0.25, 0.3) is 10.9 Å². The van der Waals surface area contributed by atoms with E-state index < -0.39 is 53.5 Å². The van der Waals surface area contributed by atoms with Crippen molar-refractivity contribution < 1.29 is 32.3 Å². The number of amides is 4. The number of hydrogen-bond donors (Lipinski definition) is 7. The number of nitrogens with two attached hydrogens (primary N) is 4. The molecular weight excluding hydrogens is 631 g/mol. The number of anilines is 1. The van der Waals surface area contributed by atoms with E-state index in [1.54, 1.807) is 24.3 Å². The fourth-order valence-electron chi connectivity index (χ4n) is 4.87. The monoisotopic (exact) mass is 673 g/mol. The maximum Gasteiger partial charge on any atom is 0.416 e. The second-order valence-electron chi connectivity index (χ2n) is 11.1. The fraction of sp³-hybridized carbons (Fsp3) is 0.406. The minimum absolute atomic E-state index is 0.0738. The Hall–Kier alpha value is -4.64. The molecule has 3 atom stereocenters. The SMILES string of the molecule is NCCC[C@H](NC(=O)[C@H](N)CC(=O)N(CCN)CCN)C(=O)N[C@@H](Cc1ccc(C(F)(F)F)cc1)C(=O)Nc1cnc2ccccc2c1. The van der Waals surface area contributed by atoms with E-state index in [1.165, 1.54) is 23.2 Å². The lowest BCUT2D eigenvalue weighted by Gasteiger charge is -2.25. The lowest BCUT2D eigenvalue weighted by molar-refractivity contribution is -0.137. The van der Waals surface area contributed by atoms with Crippen LogP contribution in [-0.2, 0) is 31.8 Å². The first-order valence-electron chi connectivity index (χ1n) is 15.4. The van der Waals surface area contributed by atoms with E-state index in [1.807, 2.05) is 6.07 Å². The van der Waals surface area contributed by atoms with Crippen molar-refractivity contribution in [3.63, 3.8) is 0 Å². The molecule has 0 aliphatic heterocycles. The molecule has 4 amide bonds. The van der Waals surface area contributed by atoms with Crippen LogP contribution >= 0.6 is 0 Å². The Morgan fingerprint density at radius 2 is 1.48 bits per heavy atom. The Kier molecular flexibility index (Phi) is 14.2. The van der Waals surface area contributed by atoms with Gasteiger partial charge in [0.05, 0.1) is 35.4 Å². The molecule has 260 valence electrons. The topological polar surface area (TPSA) is 225 Å². The zero-order valence-corrected chi connectivity index (χ0v) is 26.3. The normalized spacial score (nSPS) is 13.3. The summed E-state index contributed by atoms with van der Waals surface area (Å²) >= 11 is 0. The predicted molar refractivity (Wildman–Crippen MR) is 175 cm³/mol. The molecule has 3 rings (SSSR count). The maximum atomic E-state index is 13.6. The van der Waals surface area contributed by atoms with E-state index in [2.05, 4.69) is 20.9 Å². The third kappa shape index (κ3) is 11.3.